The first-order valence-corrected chi connectivity index (χ1v) is 9.30. The molecule has 0 saturated heterocycles. The molecule has 0 aliphatic heterocycles. The van der Waals surface area contributed by atoms with E-state index in [2.05, 4.69) is 4.98 Å². The van der Waals surface area contributed by atoms with Crippen molar-refractivity contribution in [2.75, 3.05) is 6.61 Å². The minimum atomic E-state index is -0.490. The van der Waals surface area contributed by atoms with Crippen LogP contribution in [0.4, 0.5) is 0 Å². The minimum Gasteiger partial charge on any atom is -0.494 e. The molecule has 3 aromatic rings. The number of benzene rings is 1. The largest absolute Gasteiger partial charge is 0.494 e. The Labute approximate surface area is 155 Å². The number of carbonyl (C=O) groups excluding carboxylic acids is 1. The van der Waals surface area contributed by atoms with Gasteiger partial charge >= 0.3 is 5.97 Å². The summed E-state index contributed by atoms with van der Waals surface area (Å²) in [7, 11) is 0. The summed E-state index contributed by atoms with van der Waals surface area (Å²) in [6.45, 7) is 6.83. The highest BCUT2D eigenvalue weighted by molar-refractivity contribution is 7.20. The van der Waals surface area contributed by atoms with Crippen molar-refractivity contribution in [1.82, 2.24) is 9.55 Å². The second kappa shape index (κ2) is 7.70. The molecular formula is C19H20N2O4S. The van der Waals surface area contributed by atoms with Gasteiger partial charge in [-0.1, -0.05) is 6.92 Å². The number of ether oxygens (including phenoxy) is 2. The number of esters is 1. The van der Waals surface area contributed by atoms with Crippen molar-refractivity contribution in [3.05, 3.63) is 51.4 Å². The molecule has 0 atom stereocenters. The van der Waals surface area contributed by atoms with E-state index >= 15 is 0 Å². The van der Waals surface area contributed by atoms with E-state index < -0.39 is 5.97 Å². The maximum Gasteiger partial charge on any atom is 0.354 e. The summed E-state index contributed by atoms with van der Waals surface area (Å²) in [5.74, 6) is 0.647. The Hall–Kier alpha value is -2.67. The SMILES string of the molecule is CCCn1cnc2sc(C(=O)Oc3ccc(OCC)cc3)c(C)c2c1=O. The predicted octanol–water partition coefficient (Wildman–Crippen LogP) is 3.79. The quantitative estimate of drug-likeness (QED) is 0.486. The number of carbonyl (C=O) groups is 1. The summed E-state index contributed by atoms with van der Waals surface area (Å²) >= 11 is 1.18. The van der Waals surface area contributed by atoms with E-state index in [-0.39, 0.29) is 5.56 Å². The smallest absolute Gasteiger partial charge is 0.354 e. The Morgan fingerprint density at radius 3 is 2.54 bits per heavy atom. The van der Waals surface area contributed by atoms with E-state index in [0.29, 0.717) is 45.3 Å². The van der Waals surface area contributed by atoms with Crippen LogP contribution in [0.5, 0.6) is 11.5 Å². The van der Waals surface area contributed by atoms with E-state index in [1.54, 1.807) is 35.8 Å². The third-order valence-corrected chi connectivity index (χ3v) is 5.09. The maximum absolute atomic E-state index is 12.6. The van der Waals surface area contributed by atoms with Gasteiger partial charge in [-0.25, -0.2) is 9.78 Å². The van der Waals surface area contributed by atoms with Crippen LogP contribution < -0.4 is 15.0 Å². The van der Waals surface area contributed by atoms with Gasteiger partial charge in [0.1, 0.15) is 21.2 Å². The number of aryl methyl sites for hydroxylation is 2. The number of aromatic nitrogens is 2. The summed E-state index contributed by atoms with van der Waals surface area (Å²) in [5.41, 5.74) is 0.495. The molecule has 3 rings (SSSR count). The average molecular weight is 372 g/mol. The summed E-state index contributed by atoms with van der Waals surface area (Å²) in [6.07, 6.45) is 2.37. The standard InChI is InChI=1S/C19H20N2O4S/c1-4-10-21-11-20-17-15(18(21)22)12(3)16(26-17)19(23)25-14-8-6-13(7-9-14)24-5-2/h6-9,11H,4-5,10H2,1-3H3. The van der Waals surface area contributed by atoms with Gasteiger partial charge in [0.2, 0.25) is 0 Å². The second-order valence-corrected chi connectivity index (χ2v) is 6.77. The molecule has 0 fully saturated rings. The number of thiophene rings is 1. The Morgan fingerprint density at radius 1 is 1.19 bits per heavy atom. The highest BCUT2D eigenvalue weighted by atomic mass is 32.1. The molecule has 0 saturated carbocycles. The monoisotopic (exact) mass is 372 g/mol. The highest BCUT2D eigenvalue weighted by Gasteiger charge is 2.21. The first kappa shape index (κ1) is 18.1. The highest BCUT2D eigenvalue weighted by Crippen LogP contribution is 2.28. The molecule has 0 aliphatic rings. The summed E-state index contributed by atoms with van der Waals surface area (Å²) in [5, 5.41) is 0.490. The van der Waals surface area contributed by atoms with Crippen molar-refractivity contribution in [3.63, 3.8) is 0 Å². The number of hydrogen-bond acceptors (Lipinski definition) is 6. The van der Waals surface area contributed by atoms with E-state index in [4.69, 9.17) is 9.47 Å². The Morgan fingerprint density at radius 2 is 1.88 bits per heavy atom. The predicted molar refractivity (Wildman–Crippen MR) is 101 cm³/mol. The van der Waals surface area contributed by atoms with E-state index in [1.165, 1.54) is 17.7 Å². The third-order valence-electron chi connectivity index (χ3n) is 3.91. The van der Waals surface area contributed by atoms with Crippen LogP contribution in [0.2, 0.25) is 0 Å². The van der Waals surface area contributed by atoms with E-state index in [1.807, 2.05) is 13.8 Å². The molecule has 0 bridgehead atoms. The van der Waals surface area contributed by atoms with Crippen molar-refractivity contribution in [1.29, 1.82) is 0 Å². The summed E-state index contributed by atoms with van der Waals surface area (Å²) < 4.78 is 12.4. The second-order valence-electron chi connectivity index (χ2n) is 5.77. The molecule has 7 heteroatoms. The Balaban J connectivity index is 1.89. The van der Waals surface area contributed by atoms with Crippen LogP contribution in [0.1, 0.15) is 35.5 Å². The van der Waals surface area contributed by atoms with Crippen LogP contribution in [0.25, 0.3) is 10.2 Å². The van der Waals surface area contributed by atoms with Gasteiger partial charge < -0.3 is 9.47 Å². The molecule has 0 aliphatic carbocycles. The number of fused-ring (bicyclic) bond motifs is 1. The fourth-order valence-corrected chi connectivity index (χ4v) is 3.69. The molecule has 2 heterocycles. The Bertz CT molecular complexity index is 989. The van der Waals surface area contributed by atoms with Crippen LogP contribution >= 0.6 is 11.3 Å². The fourth-order valence-electron chi connectivity index (χ4n) is 2.68. The molecule has 6 nitrogen and oxygen atoms in total. The summed E-state index contributed by atoms with van der Waals surface area (Å²) in [6, 6.07) is 6.85. The average Bonchev–Trinajstić information content (AvgIpc) is 2.97. The molecule has 0 amide bonds. The maximum atomic E-state index is 12.6. The molecule has 0 spiro atoms. The zero-order valence-electron chi connectivity index (χ0n) is 14.9. The van der Waals surface area contributed by atoms with Crippen LogP contribution in [0.15, 0.2) is 35.4 Å². The van der Waals surface area contributed by atoms with Crippen LogP contribution in [-0.4, -0.2) is 22.1 Å². The molecule has 2 aromatic heterocycles. The fraction of sp³-hybridized carbons (Fsp3) is 0.316. The zero-order chi connectivity index (χ0) is 18.7. The topological polar surface area (TPSA) is 70.4 Å². The lowest BCUT2D eigenvalue weighted by Crippen LogP contribution is -2.20. The van der Waals surface area contributed by atoms with Gasteiger partial charge in [-0.3, -0.25) is 9.36 Å². The van der Waals surface area contributed by atoms with E-state index in [9.17, 15) is 9.59 Å². The Kier molecular flexibility index (Phi) is 5.37. The lowest BCUT2D eigenvalue weighted by molar-refractivity contribution is 0.0739. The first-order chi connectivity index (χ1) is 12.5. The molecule has 0 N–H and O–H groups in total. The van der Waals surface area contributed by atoms with Crippen molar-refractivity contribution < 1.29 is 14.3 Å². The van der Waals surface area contributed by atoms with Crippen LogP contribution in [0, 0.1) is 6.92 Å². The molecule has 26 heavy (non-hydrogen) atoms. The van der Waals surface area contributed by atoms with Crippen molar-refractivity contribution in [2.45, 2.75) is 33.7 Å². The van der Waals surface area contributed by atoms with Gasteiger partial charge in [-0.15, -0.1) is 11.3 Å². The number of hydrogen-bond donors (Lipinski definition) is 0. The van der Waals surface area contributed by atoms with Crippen LogP contribution in [-0.2, 0) is 6.54 Å². The minimum absolute atomic E-state index is 0.120. The molecule has 136 valence electrons. The summed E-state index contributed by atoms with van der Waals surface area (Å²) in [4.78, 5) is 30.4. The number of nitrogens with zero attached hydrogens (tertiary/aromatic N) is 2. The molecular weight excluding hydrogens is 352 g/mol. The zero-order valence-corrected chi connectivity index (χ0v) is 15.8. The van der Waals surface area contributed by atoms with Gasteiger partial charge in [-0.05, 0) is 50.1 Å². The normalized spacial score (nSPS) is 10.9. The van der Waals surface area contributed by atoms with Gasteiger partial charge in [0.25, 0.3) is 5.56 Å². The lowest BCUT2D eigenvalue weighted by Gasteiger charge is -2.06. The molecule has 0 radical (unpaired) electrons. The van der Waals surface area contributed by atoms with E-state index in [0.717, 1.165) is 6.42 Å². The lowest BCUT2D eigenvalue weighted by atomic mass is 10.2. The van der Waals surface area contributed by atoms with Crippen molar-refractivity contribution >= 4 is 27.5 Å². The molecule has 0 unspecified atom stereocenters. The van der Waals surface area contributed by atoms with Gasteiger partial charge in [0.05, 0.1) is 18.3 Å². The van der Waals surface area contributed by atoms with Crippen LogP contribution in [0.3, 0.4) is 0 Å². The number of rotatable bonds is 6. The van der Waals surface area contributed by atoms with Crippen molar-refractivity contribution in [3.8, 4) is 11.5 Å². The first-order valence-electron chi connectivity index (χ1n) is 8.48. The molecule has 1 aromatic carbocycles. The van der Waals surface area contributed by atoms with Gasteiger partial charge in [-0.2, -0.15) is 0 Å². The third kappa shape index (κ3) is 3.48. The van der Waals surface area contributed by atoms with Gasteiger partial charge in [0.15, 0.2) is 0 Å². The van der Waals surface area contributed by atoms with Gasteiger partial charge in [0, 0.05) is 6.54 Å². The van der Waals surface area contributed by atoms with Crippen molar-refractivity contribution in [2.24, 2.45) is 0 Å².